The molecule has 0 aliphatic heterocycles. The molecule has 0 bridgehead atoms. The quantitative estimate of drug-likeness (QED) is 0.780. The first kappa shape index (κ1) is 12.7. The number of hydrogen-bond donors (Lipinski definition) is 0. The first-order valence-corrected chi connectivity index (χ1v) is 7.41. The van der Waals surface area contributed by atoms with Crippen molar-refractivity contribution in [3.05, 3.63) is 71.8 Å². The maximum atomic E-state index is 12.2. The van der Waals surface area contributed by atoms with Crippen LogP contribution < -0.4 is 0 Å². The summed E-state index contributed by atoms with van der Waals surface area (Å²) >= 11 is 0. The summed E-state index contributed by atoms with van der Waals surface area (Å²) in [6.45, 7) is 1.72. The summed E-state index contributed by atoms with van der Waals surface area (Å²) in [6, 6.07) is 17.9. The molecule has 2 nitrogen and oxygen atoms in total. The van der Waals surface area contributed by atoms with E-state index in [2.05, 4.69) is 0 Å². The molecule has 0 saturated heterocycles. The third-order valence-corrected chi connectivity index (χ3v) is 4.39. The number of rotatable bonds is 4. The van der Waals surface area contributed by atoms with E-state index in [1.807, 2.05) is 36.4 Å². The molecule has 0 atom stereocenters. The van der Waals surface area contributed by atoms with E-state index in [9.17, 15) is 9.59 Å². The lowest BCUT2D eigenvalue weighted by atomic mass is 10.2. The summed E-state index contributed by atoms with van der Waals surface area (Å²) in [5, 5.41) is 0. The molecule has 0 aromatic heterocycles. The average Bonchev–Trinajstić information content (AvgIpc) is 2.47. The van der Waals surface area contributed by atoms with E-state index in [0.717, 1.165) is 0 Å². The second-order valence-corrected chi connectivity index (χ2v) is 5.83. The van der Waals surface area contributed by atoms with E-state index >= 15 is 0 Å². The highest BCUT2D eigenvalue weighted by molar-refractivity contribution is 7.89. The Labute approximate surface area is 107 Å². The van der Waals surface area contributed by atoms with Crippen molar-refractivity contribution in [2.75, 3.05) is 6.66 Å². The molecule has 2 rings (SSSR count). The molecular formula is C15H13O2P. The molecule has 0 unspecified atom stereocenters. The van der Waals surface area contributed by atoms with Gasteiger partial charge in [0.05, 0.1) is 0 Å². The van der Waals surface area contributed by atoms with Gasteiger partial charge in [-0.1, -0.05) is 60.7 Å². The normalized spacial score (nSPS) is 10.3. The molecule has 0 heterocycles. The molecule has 0 N–H and O–H groups in total. The summed E-state index contributed by atoms with van der Waals surface area (Å²) in [4.78, 5) is 24.3. The lowest BCUT2D eigenvalue weighted by molar-refractivity contribution is 0.105. The van der Waals surface area contributed by atoms with Crippen molar-refractivity contribution in [2.45, 2.75) is 0 Å². The molecule has 0 aliphatic rings. The standard InChI is InChI=1S/C15H13O2P/c1-18(14(16)12-8-4-2-5-9-12)15(17)13-10-6-3-7-11-13/h2-11H,1H3. The highest BCUT2D eigenvalue weighted by Gasteiger charge is 2.23. The molecular weight excluding hydrogens is 243 g/mol. The van der Waals surface area contributed by atoms with Gasteiger partial charge in [-0.05, 0) is 6.66 Å². The van der Waals surface area contributed by atoms with Crippen molar-refractivity contribution in [2.24, 2.45) is 0 Å². The SMILES string of the molecule is CP(C(=O)c1ccccc1)C(=O)c1ccccc1. The van der Waals surface area contributed by atoms with Gasteiger partial charge in [-0.15, -0.1) is 0 Å². The highest BCUT2D eigenvalue weighted by Crippen LogP contribution is 2.38. The van der Waals surface area contributed by atoms with Crippen LogP contribution in [0, 0.1) is 0 Å². The maximum Gasteiger partial charge on any atom is 0.191 e. The zero-order valence-corrected chi connectivity index (χ0v) is 10.9. The highest BCUT2D eigenvalue weighted by atomic mass is 31.1. The maximum absolute atomic E-state index is 12.2. The lowest BCUT2D eigenvalue weighted by Gasteiger charge is -2.09. The topological polar surface area (TPSA) is 34.1 Å². The van der Waals surface area contributed by atoms with Gasteiger partial charge < -0.3 is 0 Å². The third kappa shape index (κ3) is 2.72. The fraction of sp³-hybridized carbons (Fsp3) is 0.0667. The Morgan fingerprint density at radius 2 is 1.06 bits per heavy atom. The van der Waals surface area contributed by atoms with Crippen molar-refractivity contribution < 1.29 is 9.59 Å². The van der Waals surface area contributed by atoms with E-state index in [0.29, 0.717) is 11.1 Å². The van der Waals surface area contributed by atoms with Gasteiger partial charge in [0.2, 0.25) is 0 Å². The van der Waals surface area contributed by atoms with Gasteiger partial charge in [0.15, 0.2) is 11.0 Å². The molecule has 0 radical (unpaired) electrons. The van der Waals surface area contributed by atoms with Gasteiger partial charge >= 0.3 is 0 Å². The molecule has 2 aromatic rings. The van der Waals surface area contributed by atoms with Crippen molar-refractivity contribution in [3.8, 4) is 0 Å². The Kier molecular flexibility index (Phi) is 4.01. The van der Waals surface area contributed by atoms with Gasteiger partial charge in [-0.2, -0.15) is 0 Å². The fourth-order valence-electron chi connectivity index (χ4n) is 1.64. The van der Waals surface area contributed by atoms with Crippen molar-refractivity contribution in [1.82, 2.24) is 0 Å². The second-order valence-electron chi connectivity index (χ2n) is 3.90. The van der Waals surface area contributed by atoms with E-state index in [1.54, 1.807) is 30.9 Å². The fourth-order valence-corrected chi connectivity index (χ4v) is 2.90. The van der Waals surface area contributed by atoms with Gasteiger partial charge in [0, 0.05) is 19.0 Å². The van der Waals surface area contributed by atoms with Crippen LogP contribution in [0.4, 0.5) is 0 Å². The summed E-state index contributed by atoms with van der Waals surface area (Å²) in [6.07, 6.45) is 0. The zero-order chi connectivity index (χ0) is 13.0. The number of carbonyl (C=O) groups excluding carboxylic acids is 2. The second kappa shape index (κ2) is 5.70. The zero-order valence-electron chi connectivity index (χ0n) is 10.0. The molecule has 0 aliphatic carbocycles. The Balaban J connectivity index is 2.20. The van der Waals surface area contributed by atoms with Gasteiger partial charge in [-0.25, -0.2) is 0 Å². The number of benzene rings is 2. The van der Waals surface area contributed by atoms with Crippen LogP contribution in [0.25, 0.3) is 0 Å². The minimum atomic E-state index is -1.33. The summed E-state index contributed by atoms with van der Waals surface area (Å²) in [5.41, 5.74) is 1.07. The van der Waals surface area contributed by atoms with Crippen LogP contribution in [-0.4, -0.2) is 17.7 Å². The van der Waals surface area contributed by atoms with Crippen LogP contribution in [0.2, 0.25) is 0 Å². The minimum absolute atomic E-state index is 0.0700. The van der Waals surface area contributed by atoms with Crippen LogP contribution in [0.5, 0.6) is 0 Å². The first-order chi connectivity index (χ1) is 8.70. The van der Waals surface area contributed by atoms with Crippen molar-refractivity contribution in [3.63, 3.8) is 0 Å². The van der Waals surface area contributed by atoms with Gasteiger partial charge in [0.1, 0.15) is 0 Å². The molecule has 0 amide bonds. The molecule has 90 valence electrons. The largest absolute Gasteiger partial charge is 0.289 e. The lowest BCUT2D eigenvalue weighted by Crippen LogP contribution is -2.05. The van der Waals surface area contributed by atoms with Crippen LogP contribution in [0.1, 0.15) is 20.7 Å². The Morgan fingerprint density at radius 1 is 0.722 bits per heavy atom. The smallest absolute Gasteiger partial charge is 0.191 e. The summed E-state index contributed by atoms with van der Waals surface area (Å²) < 4.78 is 0. The Bertz CT molecular complexity index is 498. The van der Waals surface area contributed by atoms with Crippen LogP contribution >= 0.6 is 7.92 Å². The molecule has 0 fully saturated rings. The van der Waals surface area contributed by atoms with Crippen molar-refractivity contribution in [1.29, 1.82) is 0 Å². The predicted molar refractivity (Wildman–Crippen MR) is 74.4 cm³/mol. The third-order valence-electron chi connectivity index (χ3n) is 2.65. The Hall–Kier alpha value is -1.79. The van der Waals surface area contributed by atoms with Crippen molar-refractivity contribution >= 4 is 19.0 Å². The molecule has 2 aromatic carbocycles. The molecule has 0 spiro atoms. The van der Waals surface area contributed by atoms with E-state index in [4.69, 9.17) is 0 Å². The monoisotopic (exact) mass is 256 g/mol. The first-order valence-electron chi connectivity index (χ1n) is 5.62. The molecule has 18 heavy (non-hydrogen) atoms. The predicted octanol–water partition coefficient (Wildman–Crippen LogP) is 3.78. The minimum Gasteiger partial charge on any atom is -0.289 e. The van der Waals surface area contributed by atoms with Crippen LogP contribution in [0.15, 0.2) is 60.7 Å². The number of carbonyl (C=O) groups is 2. The van der Waals surface area contributed by atoms with Crippen LogP contribution in [0.3, 0.4) is 0 Å². The average molecular weight is 256 g/mol. The molecule has 3 heteroatoms. The van der Waals surface area contributed by atoms with E-state index in [1.165, 1.54) is 0 Å². The Morgan fingerprint density at radius 3 is 1.39 bits per heavy atom. The summed E-state index contributed by atoms with van der Waals surface area (Å²) in [7, 11) is -1.33. The van der Waals surface area contributed by atoms with Gasteiger partial charge in [-0.3, -0.25) is 9.59 Å². The van der Waals surface area contributed by atoms with E-state index in [-0.39, 0.29) is 11.0 Å². The number of hydrogen-bond acceptors (Lipinski definition) is 2. The van der Waals surface area contributed by atoms with E-state index < -0.39 is 7.92 Å². The molecule has 0 saturated carbocycles. The van der Waals surface area contributed by atoms with Gasteiger partial charge in [0.25, 0.3) is 0 Å². The van der Waals surface area contributed by atoms with Crippen LogP contribution in [-0.2, 0) is 0 Å². The summed E-state index contributed by atoms with van der Waals surface area (Å²) in [5.74, 6) is 0.